The topological polar surface area (TPSA) is 64.6 Å². The van der Waals surface area contributed by atoms with Gasteiger partial charge in [0.2, 0.25) is 10.0 Å². The van der Waals surface area contributed by atoms with Gasteiger partial charge in [0, 0.05) is 12.6 Å². The number of rotatable bonds is 4. The molecular formula is C12H17NO4S. The maximum atomic E-state index is 12.0. The molecule has 0 atom stereocenters. The Kier molecular flexibility index (Phi) is 3.77. The molecule has 0 fully saturated rings. The molecule has 18 heavy (non-hydrogen) atoms. The molecule has 0 aliphatic carbocycles. The number of fused-ring (bicyclic) bond motifs is 1. The van der Waals surface area contributed by atoms with Crippen LogP contribution < -0.4 is 14.2 Å². The smallest absolute Gasteiger partial charge is 0.240 e. The SMILES string of the molecule is CC(C)CNS(=O)(=O)c1ccc2c(c1)OCCO2. The Balaban J connectivity index is 2.22. The van der Waals surface area contributed by atoms with Gasteiger partial charge in [0.05, 0.1) is 4.90 Å². The van der Waals surface area contributed by atoms with Gasteiger partial charge in [-0.25, -0.2) is 13.1 Å². The molecule has 0 spiro atoms. The molecule has 0 saturated carbocycles. The molecule has 100 valence electrons. The van der Waals surface area contributed by atoms with Gasteiger partial charge in [-0.2, -0.15) is 0 Å². The lowest BCUT2D eigenvalue weighted by molar-refractivity contribution is 0.171. The van der Waals surface area contributed by atoms with Crippen LogP contribution in [-0.4, -0.2) is 28.2 Å². The van der Waals surface area contributed by atoms with Crippen molar-refractivity contribution in [2.24, 2.45) is 5.92 Å². The van der Waals surface area contributed by atoms with E-state index in [1.54, 1.807) is 6.07 Å². The summed E-state index contributed by atoms with van der Waals surface area (Å²) in [6, 6.07) is 4.64. The van der Waals surface area contributed by atoms with E-state index in [4.69, 9.17) is 9.47 Å². The molecule has 1 heterocycles. The van der Waals surface area contributed by atoms with Crippen LogP contribution in [0.2, 0.25) is 0 Å². The van der Waals surface area contributed by atoms with Gasteiger partial charge in [-0.3, -0.25) is 0 Å². The standard InChI is InChI=1S/C12H17NO4S/c1-9(2)8-13-18(14,15)10-3-4-11-12(7-10)17-6-5-16-11/h3-4,7,9,13H,5-6,8H2,1-2H3. The molecule has 6 heteroatoms. The molecule has 0 radical (unpaired) electrons. The monoisotopic (exact) mass is 271 g/mol. The van der Waals surface area contributed by atoms with E-state index in [2.05, 4.69) is 4.72 Å². The minimum Gasteiger partial charge on any atom is -0.486 e. The zero-order chi connectivity index (χ0) is 13.2. The van der Waals surface area contributed by atoms with Gasteiger partial charge in [0.25, 0.3) is 0 Å². The van der Waals surface area contributed by atoms with Crippen molar-refractivity contribution in [3.05, 3.63) is 18.2 Å². The Morgan fingerprint density at radius 3 is 2.56 bits per heavy atom. The summed E-state index contributed by atoms with van der Waals surface area (Å²) < 4.78 is 37.3. The average Bonchev–Trinajstić information content (AvgIpc) is 2.36. The quantitative estimate of drug-likeness (QED) is 0.899. The fraction of sp³-hybridized carbons (Fsp3) is 0.500. The largest absolute Gasteiger partial charge is 0.486 e. The summed E-state index contributed by atoms with van der Waals surface area (Å²) in [5.41, 5.74) is 0. The van der Waals surface area contributed by atoms with Crippen molar-refractivity contribution in [1.29, 1.82) is 0 Å². The highest BCUT2D eigenvalue weighted by Crippen LogP contribution is 2.32. The van der Waals surface area contributed by atoms with Crippen LogP contribution >= 0.6 is 0 Å². The molecule has 0 amide bonds. The first-order valence-electron chi connectivity index (χ1n) is 5.88. The van der Waals surface area contributed by atoms with Gasteiger partial charge in [-0.15, -0.1) is 0 Å². The lowest BCUT2D eigenvalue weighted by atomic mass is 10.2. The maximum absolute atomic E-state index is 12.0. The van der Waals surface area contributed by atoms with Crippen LogP contribution in [0.3, 0.4) is 0 Å². The van der Waals surface area contributed by atoms with Crippen LogP contribution in [0.1, 0.15) is 13.8 Å². The van der Waals surface area contributed by atoms with E-state index in [9.17, 15) is 8.42 Å². The van der Waals surface area contributed by atoms with Crippen molar-refractivity contribution in [3.63, 3.8) is 0 Å². The summed E-state index contributed by atoms with van der Waals surface area (Å²) in [5, 5.41) is 0. The third kappa shape index (κ3) is 2.94. The zero-order valence-electron chi connectivity index (χ0n) is 10.5. The summed E-state index contributed by atoms with van der Waals surface area (Å²) >= 11 is 0. The normalized spacial score (nSPS) is 14.8. The Bertz CT molecular complexity index is 525. The number of hydrogen-bond donors (Lipinski definition) is 1. The average molecular weight is 271 g/mol. The fourth-order valence-corrected chi connectivity index (χ4v) is 2.78. The summed E-state index contributed by atoms with van der Waals surface area (Å²) in [4.78, 5) is 0.201. The second-order valence-corrected chi connectivity index (χ2v) is 6.32. The molecule has 1 aromatic carbocycles. The highest BCUT2D eigenvalue weighted by molar-refractivity contribution is 7.89. The van der Waals surface area contributed by atoms with E-state index in [0.717, 1.165) is 0 Å². The molecule has 2 rings (SSSR count). The van der Waals surface area contributed by atoms with Crippen molar-refractivity contribution in [2.45, 2.75) is 18.7 Å². The van der Waals surface area contributed by atoms with Crippen LogP contribution in [0, 0.1) is 5.92 Å². The highest BCUT2D eigenvalue weighted by atomic mass is 32.2. The summed E-state index contributed by atoms with van der Waals surface area (Å²) in [6.07, 6.45) is 0. The Morgan fingerprint density at radius 1 is 1.22 bits per heavy atom. The van der Waals surface area contributed by atoms with Crippen molar-refractivity contribution >= 4 is 10.0 Å². The molecule has 1 aliphatic heterocycles. The Hall–Kier alpha value is -1.27. The zero-order valence-corrected chi connectivity index (χ0v) is 11.3. The first-order chi connectivity index (χ1) is 8.49. The number of nitrogens with one attached hydrogen (secondary N) is 1. The predicted molar refractivity (Wildman–Crippen MR) is 67.5 cm³/mol. The van der Waals surface area contributed by atoms with Crippen LogP contribution in [0.15, 0.2) is 23.1 Å². The summed E-state index contributed by atoms with van der Waals surface area (Å²) in [7, 11) is -3.47. The third-order valence-corrected chi connectivity index (χ3v) is 3.93. The van der Waals surface area contributed by atoms with E-state index >= 15 is 0 Å². The molecule has 5 nitrogen and oxygen atoms in total. The van der Waals surface area contributed by atoms with Crippen molar-refractivity contribution in [3.8, 4) is 11.5 Å². The predicted octanol–water partition coefficient (Wildman–Crippen LogP) is 1.39. The summed E-state index contributed by atoms with van der Waals surface area (Å²) in [5.74, 6) is 1.33. The number of benzene rings is 1. The van der Waals surface area contributed by atoms with Crippen molar-refractivity contribution < 1.29 is 17.9 Å². The van der Waals surface area contributed by atoms with E-state index < -0.39 is 10.0 Å². The van der Waals surface area contributed by atoms with E-state index in [1.165, 1.54) is 12.1 Å². The molecule has 1 N–H and O–H groups in total. The molecule has 0 unspecified atom stereocenters. The van der Waals surface area contributed by atoms with Crippen LogP contribution in [0.5, 0.6) is 11.5 Å². The minimum atomic E-state index is -3.47. The Labute approximate surface area is 107 Å². The maximum Gasteiger partial charge on any atom is 0.240 e. The van der Waals surface area contributed by atoms with Gasteiger partial charge >= 0.3 is 0 Å². The van der Waals surface area contributed by atoms with Crippen molar-refractivity contribution in [2.75, 3.05) is 19.8 Å². The molecule has 0 saturated heterocycles. The van der Waals surface area contributed by atoms with E-state index in [0.29, 0.717) is 31.3 Å². The molecule has 0 aromatic heterocycles. The minimum absolute atomic E-state index is 0.201. The van der Waals surface area contributed by atoms with Crippen molar-refractivity contribution in [1.82, 2.24) is 4.72 Å². The first-order valence-corrected chi connectivity index (χ1v) is 7.36. The van der Waals surface area contributed by atoms with Gasteiger partial charge in [-0.05, 0) is 18.1 Å². The summed E-state index contributed by atoms with van der Waals surface area (Å²) in [6.45, 7) is 5.25. The molecular weight excluding hydrogens is 254 g/mol. The van der Waals surface area contributed by atoms with Gasteiger partial charge in [-0.1, -0.05) is 13.8 Å². The van der Waals surface area contributed by atoms with Crippen LogP contribution in [-0.2, 0) is 10.0 Å². The number of sulfonamides is 1. The first kappa shape index (κ1) is 13.2. The number of ether oxygens (including phenoxy) is 2. The lowest BCUT2D eigenvalue weighted by Crippen LogP contribution is -2.27. The Morgan fingerprint density at radius 2 is 1.89 bits per heavy atom. The second-order valence-electron chi connectivity index (χ2n) is 4.55. The van der Waals surface area contributed by atoms with Gasteiger partial charge in [0.1, 0.15) is 13.2 Å². The fourth-order valence-electron chi connectivity index (χ4n) is 1.55. The highest BCUT2D eigenvalue weighted by Gasteiger charge is 2.19. The van der Waals surface area contributed by atoms with Crippen LogP contribution in [0.25, 0.3) is 0 Å². The second kappa shape index (κ2) is 5.16. The molecule has 1 aromatic rings. The third-order valence-electron chi connectivity index (χ3n) is 2.51. The van der Waals surface area contributed by atoms with Crippen LogP contribution in [0.4, 0.5) is 0 Å². The van der Waals surface area contributed by atoms with E-state index in [-0.39, 0.29) is 10.8 Å². The molecule has 1 aliphatic rings. The van der Waals surface area contributed by atoms with Gasteiger partial charge in [0.15, 0.2) is 11.5 Å². The van der Waals surface area contributed by atoms with E-state index in [1.807, 2.05) is 13.8 Å². The number of hydrogen-bond acceptors (Lipinski definition) is 4. The molecule has 0 bridgehead atoms. The lowest BCUT2D eigenvalue weighted by Gasteiger charge is -2.19. The van der Waals surface area contributed by atoms with Gasteiger partial charge < -0.3 is 9.47 Å².